The van der Waals surface area contributed by atoms with E-state index in [2.05, 4.69) is 31.0 Å². The molecule has 0 spiro atoms. The van der Waals surface area contributed by atoms with Gasteiger partial charge in [-0.3, -0.25) is 14.5 Å². The van der Waals surface area contributed by atoms with Crippen LogP contribution in [0.1, 0.15) is 53.4 Å². The van der Waals surface area contributed by atoms with Crippen LogP contribution in [0.15, 0.2) is 0 Å². The predicted molar refractivity (Wildman–Crippen MR) is 100 cm³/mol. The van der Waals surface area contributed by atoms with E-state index in [-0.39, 0.29) is 17.7 Å². The molecule has 0 aromatic carbocycles. The van der Waals surface area contributed by atoms with Gasteiger partial charge in [-0.15, -0.1) is 0 Å². The van der Waals surface area contributed by atoms with Crippen molar-refractivity contribution in [3.63, 3.8) is 0 Å². The van der Waals surface area contributed by atoms with Crippen molar-refractivity contribution < 1.29 is 9.59 Å². The topological polar surface area (TPSA) is 78.7 Å². The molecule has 2 rings (SSSR count). The van der Waals surface area contributed by atoms with Gasteiger partial charge in [0, 0.05) is 37.6 Å². The molecular weight excluding hydrogens is 316 g/mol. The zero-order valence-corrected chi connectivity index (χ0v) is 16.4. The number of carbonyl (C=O) groups excluding carboxylic acids is 2. The summed E-state index contributed by atoms with van der Waals surface area (Å²) < 4.78 is 0. The van der Waals surface area contributed by atoms with Crippen LogP contribution >= 0.6 is 0 Å². The number of amides is 2. The maximum absolute atomic E-state index is 12.7. The molecule has 2 fully saturated rings. The first kappa shape index (κ1) is 20.2. The fraction of sp³-hybridized carbons (Fsp3) is 0.895. The molecule has 0 aromatic rings. The lowest BCUT2D eigenvalue weighted by atomic mass is 9.90. The van der Waals surface area contributed by atoms with Crippen LogP contribution < -0.4 is 11.1 Å². The number of nitrogens with zero attached hydrogens (tertiary/aromatic N) is 2. The molecule has 144 valence electrons. The van der Waals surface area contributed by atoms with Gasteiger partial charge in [0.1, 0.15) is 0 Å². The summed E-state index contributed by atoms with van der Waals surface area (Å²) in [6.07, 6.45) is 3.52. The lowest BCUT2D eigenvalue weighted by Crippen LogP contribution is -2.54. The van der Waals surface area contributed by atoms with Crippen molar-refractivity contribution >= 4 is 11.8 Å². The molecule has 25 heavy (non-hydrogen) atoms. The van der Waals surface area contributed by atoms with Crippen molar-refractivity contribution in [3.05, 3.63) is 0 Å². The third-order valence-electron chi connectivity index (χ3n) is 5.66. The molecule has 0 aromatic heterocycles. The molecule has 0 saturated carbocycles. The van der Waals surface area contributed by atoms with Crippen LogP contribution in [0.4, 0.5) is 0 Å². The number of hydrogen-bond donors (Lipinski definition) is 2. The van der Waals surface area contributed by atoms with E-state index < -0.39 is 5.54 Å². The van der Waals surface area contributed by atoms with Crippen LogP contribution in [0.25, 0.3) is 0 Å². The number of likely N-dealkylation sites (tertiary alicyclic amines) is 2. The Labute approximate surface area is 152 Å². The highest BCUT2D eigenvalue weighted by molar-refractivity contribution is 5.89. The molecule has 2 amide bonds. The average Bonchev–Trinajstić information content (AvgIpc) is 3.13. The molecule has 2 saturated heterocycles. The predicted octanol–water partition coefficient (Wildman–Crippen LogP) is 1.20. The van der Waals surface area contributed by atoms with Crippen molar-refractivity contribution in [2.45, 2.75) is 65.0 Å². The smallest absolute Gasteiger partial charge is 0.225 e. The normalized spacial score (nSPS) is 27.1. The molecule has 2 heterocycles. The van der Waals surface area contributed by atoms with Gasteiger partial charge in [0.2, 0.25) is 11.8 Å². The molecule has 3 unspecified atom stereocenters. The molecule has 2 aliphatic rings. The minimum absolute atomic E-state index is 0.0248. The molecule has 0 bridgehead atoms. The standard InChI is InChI=1S/C19H36N4O2/c1-5-22-8-6-7-16(22)12-23-11-15(9-17(23)24)18(25)21-19(4,13-20)10-14(2)3/h14-16H,5-13,20H2,1-4H3,(H,21,25). The molecule has 6 heteroatoms. The number of carbonyl (C=O) groups is 2. The summed E-state index contributed by atoms with van der Waals surface area (Å²) in [6.45, 7) is 12.3. The number of rotatable bonds is 8. The Kier molecular flexibility index (Phi) is 6.86. The van der Waals surface area contributed by atoms with Gasteiger partial charge in [0.15, 0.2) is 0 Å². The molecule has 0 radical (unpaired) electrons. The largest absolute Gasteiger partial charge is 0.349 e. The van der Waals surface area contributed by atoms with Gasteiger partial charge in [-0.05, 0) is 45.2 Å². The Bertz CT molecular complexity index is 482. The first-order chi connectivity index (χ1) is 11.8. The van der Waals surface area contributed by atoms with Crippen LogP contribution in [0, 0.1) is 11.8 Å². The van der Waals surface area contributed by atoms with E-state index in [0.717, 1.165) is 32.5 Å². The van der Waals surface area contributed by atoms with E-state index in [0.29, 0.717) is 31.5 Å². The minimum Gasteiger partial charge on any atom is -0.349 e. The van der Waals surface area contributed by atoms with Crippen molar-refractivity contribution in [2.24, 2.45) is 17.6 Å². The van der Waals surface area contributed by atoms with Gasteiger partial charge in [0.25, 0.3) is 0 Å². The number of hydrogen-bond acceptors (Lipinski definition) is 4. The van der Waals surface area contributed by atoms with E-state index >= 15 is 0 Å². The Morgan fingerprint density at radius 1 is 1.44 bits per heavy atom. The maximum atomic E-state index is 12.7. The van der Waals surface area contributed by atoms with Crippen molar-refractivity contribution in [1.82, 2.24) is 15.1 Å². The zero-order valence-electron chi connectivity index (χ0n) is 16.4. The van der Waals surface area contributed by atoms with E-state index in [1.807, 2.05) is 11.8 Å². The zero-order chi connectivity index (χ0) is 18.6. The van der Waals surface area contributed by atoms with Gasteiger partial charge in [-0.2, -0.15) is 0 Å². The SMILES string of the molecule is CCN1CCCC1CN1CC(C(=O)NC(C)(CN)CC(C)C)CC1=O. The van der Waals surface area contributed by atoms with Gasteiger partial charge in [0.05, 0.1) is 5.92 Å². The van der Waals surface area contributed by atoms with Crippen molar-refractivity contribution in [2.75, 3.05) is 32.7 Å². The maximum Gasteiger partial charge on any atom is 0.225 e. The third-order valence-corrected chi connectivity index (χ3v) is 5.66. The lowest BCUT2D eigenvalue weighted by molar-refractivity contribution is -0.129. The van der Waals surface area contributed by atoms with Crippen LogP contribution in [0.3, 0.4) is 0 Å². The average molecular weight is 353 g/mol. The molecule has 3 atom stereocenters. The van der Waals surface area contributed by atoms with Gasteiger partial charge >= 0.3 is 0 Å². The van der Waals surface area contributed by atoms with Crippen molar-refractivity contribution in [3.8, 4) is 0 Å². The summed E-state index contributed by atoms with van der Waals surface area (Å²) >= 11 is 0. The number of likely N-dealkylation sites (N-methyl/N-ethyl adjacent to an activating group) is 1. The fourth-order valence-corrected chi connectivity index (χ4v) is 4.38. The summed E-state index contributed by atoms with van der Waals surface area (Å²) in [6, 6.07) is 0.450. The number of nitrogens with one attached hydrogen (secondary N) is 1. The van der Waals surface area contributed by atoms with Crippen LogP contribution in [-0.2, 0) is 9.59 Å². The monoisotopic (exact) mass is 352 g/mol. The second kappa shape index (κ2) is 8.49. The fourth-order valence-electron chi connectivity index (χ4n) is 4.38. The van der Waals surface area contributed by atoms with Crippen molar-refractivity contribution in [1.29, 1.82) is 0 Å². The highest BCUT2D eigenvalue weighted by atomic mass is 16.2. The van der Waals surface area contributed by atoms with E-state index in [9.17, 15) is 9.59 Å². The highest BCUT2D eigenvalue weighted by Crippen LogP contribution is 2.24. The second-order valence-corrected chi connectivity index (χ2v) is 8.48. The van der Waals surface area contributed by atoms with Gasteiger partial charge < -0.3 is 16.0 Å². The summed E-state index contributed by atoms with van der Waals surface area (Å²) in [4.78, 5) is 29.4. The Morgan fingerprint density at radius 2 is 2.16 bits per heavy atom. The van der Waals surface area contributed by atoms with Crippen LogP contribution in [-0.4, -0.2) is 65.9 Å². The highest BCUT2D eigenvalue weighted by Gasteiger charge is 2.38. The second-order valence-electron chi connectivity index (χ2n) is 8.48. The summed E-state index contributed by atoms with van der Waals surface area (Å²) in [7, 11) is 0. The molecule has 2 aliphatic heterocycles. The molecule has 0 aliphatic carbocycles. The Balaban J connectivity index is 1.91. The minimum atomic E-state index is -0.397. The van der Waals surface area contributed by atoms with E-state index in [4.69, 9.17) is 5.73 Å². The Hall–Kier alpha value is -1.14. The summed E-state index contributed by atoms with van der Waals surface area (Å²) in [5.41, 5.74) is 5.50. The van der Waals surface area contributed by atoms with Crippen LogP contribution in [0.2, 0.25) is 0 Å². The first-order valence-corrected chi connectivity index (χ1v) is 9.82. The molecule has 3 N–H and O–H groups in total. The first-order valence-electron chi connectivity index (χ1n) is 9.82. The third kappa shape index (κ3) is 5.17. The number of nitrogens with two attached hydrogens (primary N) is 1. The summed E-state index contributed by atoms with van der Waals surface area (Å²) in [5.74, 6) is 0.296. The van der Waals surface area contributed by atoms with E-state index in [1.165, 1.54) is 6.42 Å². The summed E-state index contributed by atoms with van der Waals surface area (Å²) in [5, 5.41) is 3.12. The quantitative estimate of drug-likeness (QED) is 0.688. The van der Waals surface area contributed by atoms with Gasteiger partial charge in [-0.25, -0.2) is 0 Å². The lowest BCUT2D eigenvalue weighted by Gasteiger charge is -2.32. The Morgan fingerprint density at radius 3 is 2.76 bits per heavy atom. The van der Waals surface area contributed by atoms with Crippen LogP contribution in [0.5, 0.6) is 0 Å². The van der Waals surface area contributed by atoms with Gasteiger partial charge in [-0.1, -0.05) is 20.8 Å². The van der Waals surface area contributed by atoms with E-state index in [1.54, 1.807) is 0 Å². The molecule has 6 nitrogen and oxygen atoms in total. The molecular formula is C19H36N4O2.